The highest BCUT2D eigenvalue weighted by molar-refractivity contribution is 7.89. The summed E-state index contributed by atoms with van der Waals surface area (Å²) in [4.78, 5) is 3.96. The van der Waals surface area contributed by atoms with E-state index in [1.165, 1.54) is 6.07 Å². The van der Waals surface area contributed by atoms with Gasteiger partial charge >= 0.3 is 0 Å². The van der Waals surface area contributed by atoms with Crippen molar-refractivity contribution in [1.29, 1.82) is 0 Å². The number of phenols is 1. The standard InChI is InChI=1S/C22H31N3O3S/c1-5-7-13-22(6-2)16-25(17-11-9-8-10-12-17)19-14-18(24(3)4)20(26)15-21(19)29(27,28)23-22/h8-12,14-15,23,26H,5-7,13,16H2,1-4H3. The van der Waals surface area contributed by atoms with Crippen LogP contribution in [0, 0.1) is 0 Å². The molecular formula is C22H31N3O3S. The number of fused-ring (bicyclic) bond motifs is 1. The minimum absolute atomic E-state index is 0.0512. The molecule has 0 saturated heterocycles. The molecule has 6 nitrogen and oxygen atoms in total. The molecule has 1 aliphatic rings. The van der Waals surface area contributed by atoms with Gasteiger partial charge in [0.25, 0.3) is 0 Å². The lowest BCUT2D eigenvalue weighted by Crippen LogP contribution is -2.52. The average molecular weight is 418 g/mol. The van der Waals surface area contributed by atoms with Gasteiger partial charge in [-0.05, 0) is 31.0 Å². The molecule has 1 atom stereocenters. The van der Waals surface area contributed by atoms with Crippen LogP contribution in [0.15, 0.2) is 47.4 Å². The minimum atomic E-state index is -3.80. The average Bonchev–Trinajstić information content (AvgIpc) is 2.79. The summed E-state index contributed by atoms with van der Waals surface area (Å²) in [6.45, 7) is 4.66. The number of benzene rings is 2. The quantitative estimate of drug-likeness (QED) is 0.736. The van der Waals surface area contributed by atoms with Gasteiger partial charge in [-0.3, -0.25) is 0 Å². The molecule has 3 rings (SSSR count). The normalized spacial score (nSPS) is 20.8. The Morgan fingerprint density at radius 1 is 1.17 bits per heavy atom. The Morgan fingerprint density at radius 2 is 1.86 bits per heavy atom. The fraction of sp³-hybridized carbons (Fsp3) is 0.455. The van der Waals surface area contributed by atoms with Gasteiger partial charge in [0.15, 0.2) is 0 Å². The Balaban J connectivity index is 2.27. The first-order chi connectivity index (χ1) is 13.7. The Labute approximate surface area is 174 Å². The molecule has 2 N–H and O–H groups in total. The lowest BCUT2D eigenvalue weighted by Gasteiger charge is -2.36. The number of nitrogens with one attached hydrogen (secondary N) is 1. The van der Waals surface area contributed by atoms with E-state index in [4.69, 9.17) is 0 Å². The Hall–Kier alpha value is -2.25. The maximum Gasteiger partial charge on any atom is 0.243 e. The second-order valence-corrected chi connectivity index (χ2v) is 9.62. The highest BCUT2D eigenvalue weighted by atomic mass is 32.2. The number of nitrogens with zero attached hydrogens (tertiary/aromatic N) is 2. The van der Waals surface area contributed by atoms with Gasteiger partial charge in [-0.1, -0.05) is 44.9 Å². The summed E-state index contributed by atoms with van der Waals surface area (Å²) in [5, 5.41) is 10.5. The van der Waals surface area contributed by atoms with E-state index in [9.17, 15) is 13.5 Å². The van der Waals surface area contributed by atoms with E-state index in [0.29, 0.717) is 24.3 Å². The Kier molecular flexibility index (Phi) is 6.10. The van der Waals surface area contributed by atoms with Crippen molar-refractivity contribution in [2.75, 3.05) is 30.4 Å². The largest absolute Gasteiger partial charge is 0.506 e. The second-order valence-electron chi connectivity index (χ2n) is 7.97. The molecule has 0 bridgehead atoms. The molecule has 0 spiro atoms. The molecule has 0 aromatic heterocycles. The summed E-state index contributed by atoms with van der Waals surface area (Å²) < 4.78 is 29.7. The van der Waals surface area contributed by atoms with Crippen LogP contribution < -0.4 is 14.5 Å². The summed E-state index contributed by atoms with van der Waals surface area (Å²) in [5.41, 5.74) is 1.50. The highest BCUT2D eigenvalue weighted by Crippen LogP contribution is 2.43. The molecule has 1 unspecified atom stereocenters. The van der Waals surface area contributed by atoms with Gasteiger partial charge in [0, 0.05) is 32.4 Å². The van der Waals surface area contributed by atoms with Crippen molar-refractivity contribution in [3.63, 3.8) is 0 Å². The van der Waals surface area contributed by atoms with Crippen molar-refractivity contribution in [2.45, 2.75) is 50.0 Å². The smallest absolute Gasteiger partial charge is 0.243 e. The van der Waals surface area contributed by atoms with Crippen molar-refractivity contribution in [1.82, 2.24) is 4.72 Å². The van der Waals surface area contributed by atoms with Crippen LogP contribution in [0.5, 0.6) is 5.75 Å². The first kappa shape index (κ1) is 21.5. The number of hydrogen-bond donors (Lipinski definition) is 2. The van der Waals surface area contributed by atoms with Crippen molar-refractivity contribution in [3.05, 3.63) is 42.5 Å². The Bertz CT molecular complexity index is 961. The number of sulfonamides is 1. The van der Waals surface area contributed by atoms with Crippen LogP contribution in [0.1, 0.15) is 39.5 Å². The third kappa shape index (κ3) is 4.21. The molecule has 2 aromatic rings. The van der Waals surface area contributed by atoms with E-state index in [2.05, 4.69) is 16.5 Å². The molecule has 0 aliphatic carbocycles. The van der Waals surface area contributed by atoms with Crippen LogP contribution in [0.4, 0.5) is 17.1 Å². The topological polar surface area (TPSA) is 72.9 Å². The number of hydrogen-bond acceptors (Lipinski definition) is 5. The second kappa shape index (κ2) is 8.24. The zero-order valence-electron chi connectivity index (χ0n) is 17.6. The fourth-order valence-corrected chi connectivity index (χ4v) is 5.64. The van der Waals surface area contributed by atoms with E-state index < -0.39 is 15.6 Å². The fourth-order valence-electron chi connectivity index (χ4n) is 3.94. The summed E-state index contributed by atoms with van der Waals surface area (Å²) in [6, 6.07) is 13.0. The summed E-state index contributed by atoms with van der Waals surface area (Å²) in [6.07, 6.45) is 3.36. The van der Waals surface area contributed by atoms with Gasteiger partial charge in [-0.2, -0.15) is 0 Å². The van der Waals surface area contributed by atoms with Crippen LogP contribution in [-0.4, -0.2) is 39.7 Å². The zero-order valence-corrected chi connectivity index (χ0v) is 18.5. The summed E-state index contributed by atoms with van der Waals surface area (Å²) in [5.74, 6) is -0.0512. The summed E-state index contributed by atoms with van der Waals surface area (Å²) >= 11 is 0. The number of phenolic OH excluding ortho intramolecular Hbond substituents is 1. The van der Waals surface area contributed by atoms with Gasteiger partial charge in [0.2, 0.25) is 10.0 Å². The van der Waals surface area contributed by atoms with E-state index in [1.807, 2.05) is 51.4 Å². The summed E-state index contributed by atoms with van der Waals surface area (Å²) in [7, 11) is -0.147. The van der Waals surface area contributed by atoms with Gasteiger partial charge < -0.3 is 14.9 Å². The first-order valence-electron chi connectivity index (χ1n) is 10.1. The lowest BCUT2D eigenvalue weighted by molar-refractivity contribution is 0.341. The molecule has 1 heterocycles. The monoisotopic (exact) mass is 417 g/mol. The molecule has 1 aliphatic heterocycles. The highest BCUT2D eigenvalue weighted by Gasteiger charge is 2.41. The van der Waals surface area contributed by atoms with Crippen molar-refractivity contribution >= 4 is 27.1 Å². The molecule has 0 fully saturated rings. The van der Waals surface area contributed by atoms with E-state index in [1.54, 1.807) is 11.0 Å². The molecule has 0 saturated carbocycles. The van der Waals surface area contributed by atoms with Crippen molar-refractivity contribution in [2.24, 2.45) is 0 Å². The molecular weight excluding hydrogens is 386 g/mol. The lowest BCUT2D eigenvalue weighted by atomic mass is 9.89. The van der Waals surface area contributed by atoms with Gasteiger partial charge in [0.05, 0.1) is 16.9 Å². The molecule has 7 heteroatoms. The molecule has 158 valence electrons. The number of unbranched alkanes of at least 4 members (excludes halogenated alkanes) is 1. The van der Waals surface area contributed by atoms with Crippen molar-refractivity contribution < 1.29 is 13.5 Å². The van der Waals surface area contributed by atoms with Crippen LogP contribution in [0.25, 0.3) is 0 Å². The molecule has 0 amide bonds. The maximum atomic E-state index is 13.4. The molecule has 2 aromatic carbocycles. The first-order valence-corrected chi connectivity index (χ1v) is 11.6. The Morgan fingerprint density at radius 3 is 2.45 bits per heavy atom. The predicted octanol–water partition coefficient (Wildman–Crippen LogP) is 4.23. The van der Waals surface area contributed by atoms with Gasteiger partial charge in [-0.25, -0.2) is 13.1 Å². The van der Waals surface area contributed by atoms with E-state index in [0.717, 1.165) is 24.9 Å². The number of rotatable bonds is 6. The molecule has 29 heavy (non-hydrogen) atoms. The van der Waals surface area contributed by atoms with Crippen LogP contribution in [0.2, 0.25) is 0 Å². The van der Waals surface area contributed by atoms with Gasteiger partial charge in [0.1, 0.15) is 10.6 Å². The minimum Gasteiger partial charge on any atom is -0.506 e. The maximum absolute atomic E-state index is 13.4. The SMILES string of the molecule is CCCCC1(CC)CN(c2ccccc2)c2cc(N(C)C)c(O)cc2S(=O)(=O)N1. The van der Waals surface area contributed by atoms with Crippen LogP contribution in [-0.2, 0) is 10.0 Å². The number of aromatic hydroxyl groups is 1. The van der Waals surface area contributed by atoms with E-state index >= 15 is 0 Å². The van der Waals surface area contributed by atoms with Crippen molar-refractivity contribution in [3.8, 4) is 5.75 Å². The number of para-hydroxylation sites is 1. The zero-order chi connectivity index (χ0) is 21.2. The van der Waals surface area contributed by atoms with Crippen LogP contribution in [0.3, 0.4) is 0 Å². The van der Waals surface area contributed by atoms with Gasteiger partial charge in [-0.15, -0.1) is 0 Å². The third-order valence-corrected chi connectivity index (χ3v) is 7.29. The number of anilines is 3. The predicted molar refractivity (Wildman–Crippen MR) is 119 cm³/mol. The third-order valence-electron chi connectivity index (χ3n) is 5.68. The molecule has 0 radical (unpaired) electrons. The van der Waals surface area contributed by atoms with E-state index in [-0.39, 0.29) is 10.6 Å². The van der Waals surface area contributed by atoms with Crippen LogP contribution >= 0.6 is 0 Å².